The largest absolute Gasteiger partial charge is 0.508 e. The first kappa shape index (κ1) is 21.9. The van der Waals surface area contributed by atoms with E-state index in [0.29, 0.717) is 38.9 Å². The average molecular weight is 449 g/mol. The molecule has 0 aromatic heterocycles. The number of rotatable bonds is 7. The maximum absolute atomic E-state index is 14.0. The van der Waals surface area contributed by atoms with Crippen LogP contribution in [0.1, 0.15) is 22.3 Å². The van der Waals surface area contributed by atoms with Crippen molar-refractivity contribution in [1.82, 2.24) is 0 Å². The minimum Gasteiger partial charge on any atom is -0.508 e. The van der Waals surface area contributed by atoms with Crippen molar-refractivity contribution >= 4 is 29.2 Å². The second-order valence-electron chi connectivity index (χ2n) is 6.64. The first-order valence-electron chi connectivity index (χ1n) is 9.09. The third-order valence-electron chi connectivity index (χ3n) is 4.56. The highest BCUT2D eigenvalue weighted by molar-refractivity contribution is 6.36. The Balaban J connectivity index is 1.81. The van der Waals surface area contributed by atoms with E-state index < -0.39 is 5.97 Å². The van der Waals surface area contributed by atoms with E-state index in [1.165, 1.54) is 13.2 Å². The summed E-state index contributed by atoms with van der Waals surface area (Å²) in [6.07, 6.45) is 0.660. The maximum atomic E-state index is 14.0. The summed E-state index contributed by atoms with van der Waals surface area (Å²) in [5.74, 6) is -0.399. The van der Waals surface area contributed by atoms with Gasteiger partial charge in [-0.05, 0) is 46.5 Å². The smallest absolute Gasteiger partial charge is 0.343 e. The van der Waals surface area contributed by atoms with E-state index in [-0.39, 0.29) is 24.6 Å². The lowest BCUT2D eigenvalue weighted by molar-refractivity contribution is -0.142. The van der Waals surface area contributed by atoms with Gasteiger partial charge in [0.15, 0.2) is 6.61 Å². The van der Waals surface area contributed by atoms with E-state index in [1.807, 2.05) is 0 Å². The molecule has 0 atom stereocenters. The van der Waals surface area contributed by atoms with Crippen LogP contribution in [0.15, 0.2) is 54.6 Å². The summed E-state index contributed by atoms with van der Waals surface area (Å²) >= 11 is 12.8. The molecule has 0 amide bonds. The molecule has 1 N–H and O–H groups in total. The van der Waals surface area contributed by atoms with Gasteiger partial charge in [0.25, 0.3) is 0 Å². The Bertz CT molecular complexity index is 1050. The van der Waals surface area contributed by atoms with Gasteiger partial charge in [0.2, 0.25) is 0 Å². The number of methoxy groups -OCH3 is 1. The Kier molecular flexibility index (Phi) is 7.19. The van der Waals surface area contributed by atoms with Crippen LogP contribution in [0.4, 0.5) is 4.39 Å². The Labute approximate surface area is 183 Å². The van der Waals surface area contributed by atoms with E-state index in [0.717, 1.165) is 5.56 Å². The molecule has 0 saturated carbocycles. The zero-order chi connectivity index (χ0) is 21.7. The minimum absolute atomic E-state index is 0.0887. The third kappa shape index (κ3) is 5.43. The average Bonchev–Trinajstić information content (AvgIpc) is 2.72. The number of aromatic hydroxyl groups is 1. The molecule has 0 aliphatic carbocycles. The van der Waals surface area contributed by atoms with Crippen molar-refractivity contribution in [1.29, 1.82) is 0 Å². The van der Waals surface area contributed by atoms with Gasteiger partial charge in [0.1, 0.15) is 17.3 Å². The summed E-state index contributed by atoms with van der Waals surface area (Å²) in [5, 5.41) is 11.0. The lowest BCUT2D eigenvalue weighted by Gasteiger charge is -2.13. The molecule has 7 heteroatoms. The maximum Gasteiger partial charge on any atom is 0.343 e. The van der Waals surface area contributed by atoms with Gasteiger partial charge < -0.3 is 14.6 Å². The predicted octanol–water partition coefficient (Wildman–Crippen LogP) is 5.57. The number of carbonyl (C=O) groups is 1. The van der Waals surface area contributed by atoms with Crippen molar-refractivity contribution in [2.24, 2.45) is 0 Å². The fourth-order valence-electron chi connectivity index (χ4n) is 2.97. The van der Waals surface area contributed by atoms with Crippen LogP contribution in [-0.2, 0) is 22.4 Å². The van der Waals surface area contributed by atoms with Crippen molar-refractivity contribution in [3.8, 4) is 11.5 Å². The molecule has 3 rings (SSSR count). The van der Waals surface area contributed by atoms with Crippen LogP contribution < -0.4 is 4.74 Å². The molecular formula is C23H19Cl2FO4. The van der Waals surface area contributed by atoms with Gasteiger partial charge in [-0.1, -0.05) is 53.5 Å². The number of benzene rings is 3. The Morgan fingerprint density at radius 3 is 2.37 bits per heavy atom. The van der Waals surface area contributed by atoms with Gasteiger partial charge in [-0.25, -0.2) is 9.18 Å². The Morgan fingerprint density at radius 1 is 1.00 bits per heavy atom. The highest BCUT2D eigenvalue weighted by Crippen LogP contribution is 2.33. The fourth-order valence-corrected chi connectivity index (χ4v) is 3.58. The Morgan fingerprint density at radius 2 is 1.70 bits per heavy atom. The number of hydrogen-bond acceptors (Lipinski definition) is 4. The summed E-state index contributed by atoms with van der Waals surface area (Å²) < 4.78 is 23.8. The zero-order valence-corrected chi connectivity index (χ0v) is 17.6. The zero-order valence-electron chi connectivity index (χ0n) is 16.1. The molecule has 0 aliphatic heterocycles. The second kappa shape index (κ2) is 9.83. The topological polar surface area (TPSA) is 55.8 Å². The highest BCUT2D eigenvalue weighted by Gasteiger charge is 2.13. The molecule has 0 bridgehead atoms. The minimum atomic E-state index is -0.516. The van der Waals surface area contributed by atoms with E-state index in [1.54, 1.807) is 48.5 Å². The summed E-state index contributed by atoms with van der Waals surface area (Å²) in [6, 6.07) is 14.7. The predicted molar refractivity (Wildman–Crippen MR) is 114 cm³/mol. The van der Waals surface area contributed by atoms with Crippen molar-refractivity contribution in [2.45, 2.75) is 12.8 Å². The van der Waals surface area contributed by atoms with Crippen LogP contribution >= 0.6 is 23.2 Å². The quantitative estimate of drug-likeness (QED) is 0.479. The molecule has 3 aromatic carbocycles. The first-order valence-corrected chi connectivity index (χ1v) is 9.84. The second-order valence-corrected chi connectivity index (χ2v) is 7.45. The van der Waals surface area contributed by atoms with Gasteiger partial charge in [0.05, 0.1) is 7.11 Å². The van der Waals surface area contributed by atoms with Crippen molar-refractivity contribution in [2.75, 3.05) is 13.7 Å². The van der Waals surface area contributed by atoms with Gasteiger partial charge in [0, 0.05) is 22.9 Å². The number of phenolic OH excluding ortho intramolecular Hbond substituents is 1. The summed E-state index contributed by atoms with van der Waals surface area (Å²) in [6.45, 7) is -0.250. The molecule has 0 fully saturated rings. The number of hydrogen-bond donors (Lipinski definition) is 1. The molecule has 0 spiro atoms. The van der Waals surface area contributed by atoms with Crippen LogP contribution in [0.2, 0.25) is 10.0 Å². The van der Waals surface area contributed by atoms with Crippen LogP contribution in [0.25, 0.3) is 0 Å². The first-order chi connectivity index (χ1) is 14.4. The summed E-state index contributed by atoms with van der Waals surface area (Å²) in [7, 11) is 1.27. The monoisotopic (exact) mass is 448 g/mol. The lowest BCUT2D eigenvalue weighted by atomic mass is 9.98. The Hall–Kier alpha value is -2.76. The molecule has 3 aromatic rings. The van der Waals surface area contributed by atoms with Crippen molar-refractivity contribution < 1.29 is 23.8 Å². The molecule has 0 aliphatic rings. The van der Waals surface area contributed by atoms with Crippen LogP contribution in [0, 0.1) is 5.82 Å². The lowest BCUT2D eigenvalue weighted by Crippen LogP contribution is -2.12. The van der Waals surface area contributed by atoms with Crippen molar-refractivity contribution in [3.05, 3.63) is 92.7 Å². The number of carbonyl (C=O) groups excluding carboxylic acids is 1. The normalized spacial score (nSPS) is 10.7. The molecule has 0 radical (unpaired) electrons. The molecular weight excluding hydrogens is 430 g/mol. The van der Waals surface area contributed by atoms with Gasteiger partial charge in [-0.15, -0.1) is 0 Å². The molecule has 0 heterocycles. The number of esters is 1. The number of phenols is 1. The van der Waals surface area contributed by atoms with Crippen LogP contribution in [-0.4, -0.2) is 24.8 Å². The molecule has 0 saturated heterocycles. The van der Waals surface area contributed by atoms with Gasteiger partial charge in [-0.3, -0.25) is 0 Å². The fraction of sp³-hybridized carbons (Fsp3) is 0.174. The van der Waals surface area contributed by atoms with Crippen molar-refractivity contribution in [3.63, 3.8) is 0 Å². The van der Waals surface area contributed by atoms with E-state index in [9.17, 15) is 14.3 Å². The molecule has 4 nitrogen and oxygen atoms in total. The molecule has 30 heavy (non-hydrogen) atoms. The van der Waals surface area contributed by atoms with Crippen LogP contribution in [0.3, 0.4) is 0 Å². The van der Waals surface area contributed by atoms with Gasteiger partial charge >= 0.3 is 5.97 Å². The van der Waals surface area contributed by atoms with E-state index in [4.69, 9.17) is 27.9 Å². The summed E-state index contributed by atoms with van der Waals surface area (Å²) in [4.78, 5) is 11.2. The number of ether oxygens (including phenoxy) is 2. The molecule has 0 unspecified atom stereocenters. The molecule has 156 valence electrons. The number of halogens is 3. The summed E-state index contributed by atoms with van der Waals surface area (Å²) in [5.41, 5.74) is 2.62. The van der Waals surface area contributed by atoms with E-state index in [2.05, 4.69) is 4.74 Å². The SMILES string of the molecule is COC(=O)COc1cc(Cl)c(Cc2ccc(O)c(Cc3ccccc3F)c2)c(Cl)c1. The third-order valence-corrected chi connectivity index (χ3v) is 5.24. The van der Waals surface area contributed by atoms with Crippen LogP contribution in [0.5, 0.6) is 11.5 Å². The van der Waals surface area contributed by atoms with E-state index >= 15 is 0 Å². The standard InChI is InChI=1S/C23H19Cl2FO4/c1-29-23(28)13-30-17-11-19(24)18(20(25)12-17)9-14-6-7-22(27)16(8-14)10-15-4-2-3-5-21(15)26/h2-8,11-12,27H,9-10,13H2,1H3. The van der Waals surface area contributed by atoms with Gasteiger partial charge in [-0.2, -0.15) is 0 Å². The highest BCUT2D eigenvalue weighted by atomic mass is 35.5.